The van der Waals surface area contributed by atoms with E-state index >= 15 is 0 Å². The maximum Gasteiger partial charge on any atom is 0.243 e. The first-order valence-corrected chi connectivity index (χ1v) is 4.37. The molecule has 0 radical (unpaired) electrons. The first-order valence-electron chi connectivity index (χ1n) is 4.37. The third-order valence-electron chi connectivity index (χ3n) is 1.88. The topological polar surface area (TPSA) is 42.2 Å². The van der Waals surface area contributed by atoms with Crippen molar-refractivity contribution < 1.29 is 0 Å². The predicted octanol–water partition coefficient (Wildman–Crippen LogP) is 1.47. The fourth-order valence-electron chi connectivity index (χ4n) is 1.27. The molecule has 0 bridgehead atoms. The summed E-state index contributed by atoms with van der Waals surface area (Å²) >= 11 is 0. The number of anilines is 1. The van der Waals surface area contributed by atoms with Gasteiger partial charge in [-0.1, -0.05) is 6.07 Å². The average molecular weight is 176 g/mol. The highest BCUT2D eigenvalue weighted by Crippen LogP contribution is 2.07. The second-order valence-electron chi connectivity index (χ2n) is 2.90. The van der Waals surface area contributed by atoms with Gasteiger partial charge in [0.15, 0.2) is 5.65 Å². The molecule has 0 aliphatic heterocycles. The molecule has 2 rings (SSSR count). The van der Waals surface area contributed by atoms with Gasteiger partial charge < -0.3 is 5.32 Å². The lowest BCUT2D eigenvalue weighted by Crippen LogP contribution is -1.98. The predicted molar refractivity (Wildman–Crippen MR) is 51.9 cm³/mol. The summed E-state index contributed by atoms with van der Waals surface area (Å²) in [5.74, 6) is 0.691. The maximum absolute atomic E-state index is 4.30. The number of aromatic nitrogens is 3. The second kappa shape index (κ2) is 3.05. The molecule has 0 aliphatic rings. The molecule has 0 spiro atoms. The zero-order valence-electron chi connectivity index (χ0n) is 7.78. The molecule has 2 aromatic heterocycles. The minimum absolute atomic E-state index is 0.691. The normalized spacial score (nSPS) is 10.6. The van der Waals surface area contributed by atoms with Gasteiger partial charge in [0.1, 0.15) is 0 Å². The Morgan fingerprint density at radius 2 is 2.31 bits per heavy atom. The van der Waals surface area contributed by atoms with E-state index in [1.807, 2.05) is 36.6 Å². The SMILES string of the molecule is CCNc1nc2cccc(C)n2n1. The fourth-order valence-corrected chi connectivity index (χ4v) is 1.27. The number of hydrogen-bond acceptors (Lipinski definition) is 3. The second-order valence-corrected chi connectivity index (χ2v) is 2.90. The highest BCUT2D eigenvalue weighted by Gasteiger charge is 2.02. The number of rotatable bonds is 2. The Labute approximate surface area is 76.6 Å². The lowest BCUT2D eigenvalue weighted by atomic mass is 10.4. The number of nitrogens with zero attached hydrogens (tertiary/aromatic N) is 3. The van der Waals surface area contributed by atoms with Crippen LogP contribution in [0.25, 0.3) is 5.65 Å². The molecule has 0 fully saturated rings. The number of hydrogen-bond donors (Lipinski definition) is 1. The molecule has 0 aliphatic carbocycles. The number of fused-ring (bicyclic) bond motifs is 1. The van der Waals surface area contributed by atoms with Gasteiger partial charge in [-0.15, -0.1) is 5.10 Å². The lowest BCUT2D eigenvalue weighted by Gasteiger charge is -1.94. The maximum atomic E-state index is 4.30. The van der Waals surface area contributed by atoms with Crippen LogP contribution in [0.15, 0.2) is 18.2 Å². The highest BCUT2D eigenvalue weighted by molar-refractivity contribution is 5.44. The minimum atomic E-state index is 0.691. The molecular formula is C9H12N4. The van der Waals surface area contributed by atoms with Crippen LogP contribution in [0.5, 0.6) is 0 Å². The van der Waals surface area contributed by atoms with Crippen molar-refractivity contribution in [2.75, 3.05) is 11.9 Å². The smallest absolute Gasteiger partial charge is 0.243 e. The van der Waals surface area contributed by atoms with E-state index in [-0.39, 0.29) is 0 Å². The molecule has 0 unspecified atom stereocenters. The standard InChI is InChI=1S/C9H12N4/c1-3-10-9-11-8-6-4-5-7(2)13(8)12-9/h4-6H,3H2,1-2H3,(H,10,12). The van der Waals surface area contributed by atoms with Gasteiger partial charge >= 0.3 is 0 Å². The molecule has 68 valence electrons. The molecule has 0 saturated carbocycles. The first kappa shape index (κ1) is 8.04. The van der Waals surface area contributed by atoms with Gasteiger partial charge in [0.2, 0.25) is 5.95 Å². The number of pyridine rings is 1. The van der Waals surface area contributed by atoms with Gasteiger partial charge in [0, 0.05) is 12.2 Å². The van der Waals surface area contributed by atoms with Crippen LogP contribution in [0.4, 0.5) is 5.95 Å². The van der Waals surface area contributed by atoms with Gasteiger partial charge in [0.05, 0.1) is 0 Å². The van der Waals surface area contributed by atoms with Gasteiger partial charge in [0.25, 0.3) is 0 Å². The summed E-state index contributed by atoms with van der Waals surface area (Å²) in [4.78, 5) is 4.30. The van der Waals surface area contributed by atoms with Crippen molar-refractivity contribution in [1.29, 1.82) is 0 Å². The Morgan fingerprint density at radius 3 is 3.00 bits per heavy atom. The van der Waals surface area contributed by atoms with E-state index in [0.29, 0.717) is 5.95 Å². The Kier molecular flexibility index (Phi) is 1.88. The molecule has 1 N–H and O–H groups in total. The molecule has 2 heterocycles. The van der Waals surface area contributed by atoms with Crippen molar-refractivity contribution in [3.05, 3.63) is 23.9 Å². The van der Waals surface area contributed by atoms with Crippen LogP contribution in [0.3, 0.4) is 0 Å². The van der Waals surface area contributed by atoms with Crippen molar-refractivity contribution in [1.82, 2.24) is 14.6 Å². The summed E-state index contributed by atoms with van der Waals surface area (Å²) in [7, 11) is 0. The van der Waals surface area contributed by atoms with E-state index in [4.69, 9.17) is 0 Å². The third kappa shape index (κ3) is 1.35. The van der Waals surface area contributed by atoms with Crippen molar-refractivity contribution in [2.24, 2.45) is 0 Å². The van der Waals surface area contributed by atoms with Crippen LogP contribution in [0.2, 0.25) is 0 Å². The highest BCUT2D eigenvalue weighted by atomic mass is 15.3. The summed E-state index contributed by atoms with van der Waals surface area (Å²) in [5.41, 5.74) is 1.98. The van der Waals surface area contributed by atoms with Crippen LogP contribution in [0, 0.1) is 6.92 Å². The summed E-state index contributed by atoms with van der Waals surface area (Å²) in [6, 6.07) is 5.94. The molecule has 13 heavy (non-hydrogen) atoms. The van der Waals surface area contributed by atoms with Crippen molar-refractivity contribution in [2.45, 2.75) is 13.8 Å². The van der Waals surface area contributed by atoms with E-state index in [1.165, 1.54) is 0 Å². The lowest BCUT2D eigenvalue weighted by molar-refractivity contribution is 0.912. The fraction of sp³-hybridized carbons (Fsp3) is 0.333. The quantitative estimate of drug-likeness (QED) is 0.753. The van der Waals surface area contributed by atoms with E-state index < -0.39 is 0 Å². The molecule has 4 nitrogen and oxygen atoms in total. The molecule has 0 amide bonds. The van der Waals surface area contributed by atoms with Crippen LogP contribution in [-0.2, 0) is 0 Å². The molecule has 0 atom stereocenters. The molecule has 0 aromatic carbocycles. The molecule has 4 heteroatoms. The Bertz CT molecular complexity index is 418. The van der Waals surface area contributed by atoms with E-state index in [1.54, 1.807) is 0 Å². The van der Waals surface area contributed by atoms with Crippen LogP contribution in [-0.4, -0.2) is 21.1 Å². The molecular weight excluding hydrogens is 164 g/mol. The Hall–Kier alpha value is -1.58. The van der Waals surface area contributed by atoms with Crippen molar-refractivity contribution in [3.8, 4) is 0 Å². The summed E-state index contributed by atoms with van der Waals surface area (Å²) in [5, 5.41) is 7.38. The van der Waals surface area contributed by atoms with Crippen LogP contribution in [0.1, 0.15) is 12.6 Å². The zero-order chi connectivity index (χ0) is 9.26. The average Bonchev–Trinajstić information content (AvgIpc) is 2.49. The van der Waals surface area contributed by atoms with Crippen LogP contribution < -0.4 is 5.32 Å². The van der Waals surface area contributed by atoms with E-state index in [2.05, 4.69) is 15.4 Å². The zero-order valence-corrected chi connectivity index (χ0v) is 7.78. The number of nitrogens with one attached hydrogen (secondary N) is 1. The largest absolute Gasteiger partial charge is 0.353 e. The van der Waals surface area contributed by atoms with Crippen LogP contribution >= 0.6 is 0 Å². The molecule has 0 saturated heterocycles. The monoisotopic (exact) mass is 176 g/mol. The Balaban J connectivity index is 2.55. The first-order chi connectivity index (χ1) is 6.31. The summed E-state index contributed by atoms with van der Waals surface area (Å²) in [6.45, 7) is 4.88. The summed E-state index contributed by atoms with van der Waals surface area (Å²) < 4.78 is 1.83. The minimum Gasteiger partial charge on any atom is -0.353 e. The number of aryl methyl sites for hydroxylation is 1. The van der Waals surface area contributed by atoms with Gasteiger partial charge in [-0.25, -0.2) is 4.52 Å². The Morgan fingerprint density at radius 1 is 1.46 bits per heavy atom. The van der Waals surface area contributed by atoms with E-state index in [9.17, 15) is 0 Å². The molecule has 2 aromatic rings. The van der Waals surface area contributed by atoms with Crippen molar-refractivity contribution >= 4 is 11.6 Å². The third-order valence-corrected chi connectivity index (χ3v) is 1.88. The van der Waals surface area contributed by atoms with Gasteiger partial charge in [-0.05, 0) is 26.0 Å². The summed E-state index contributed by atoms with van der Waals surface area (Å²) in [6.07, 6.45) is 0. The van der Waals surface area contributed by atoms with Gasteiger partial charge in [-0.2, -0.15) is 4.98 Å². The van der Waals surface area contributed by atoms with Crippen molar-refractivity contribution in [3.63, 3.8) is 0 Å². The van der Waals surface area contributed by atoms with Gasteiger partial charge in [-0.3, -0.25) is 0 Å². The van der Waals surface area contributed by atoms with E-state index in [0.717, 1.165) is 17.9 Å².